The number of ether oxygens (including phenoxy) is 1. The summed E-state index contributed by atoms with van der Waals surface area (Å²) in [6.07, 6.45) is 1.49. The van der Waals surface area contributed by atoms with Gasteiger partial charge in [-0.3, -0.25) is 9.78 Å². The Kier molecular flexibility index (Phi) is 6.23. The molecular formula is C24H24N2O4S. The average molecular weight is 437 g/mol. The van der Waals surface area contributed by atoms with E-state index in [4.69, 9.17) is 9.15 Å². The molecule has 160 valence electrons. The van der Waals surface area contributed by atoms with E-state index in [1.165, 1.54) is 5.56 Å². The lowest BCUT2D eigenvalue weighted by molar-refractivity contribution is 0.299. The summed E-state index contributed by atoms with van der Waals surface area (Å²) >= 11 is 1.07. The Morgan fingerprint density at radius 2 is 1.90 bits per heavy atom. The second kappa shape index (κ2) is 9.22. The van der Waals surface area contributed by atoms with E-state index in [0.29, 0.717) is 23.8 Å². The zero-order valence-electron chi connectivity index (χ0n) is 17.4. The van der Waals surface area contributed by atoms with Gasteiger partial charge in [0.2, 0.25) is 11.8 Å². The van der Waals surface area contributed by atoms with Crippen molar-refractivity contribution in [3.63, 3.8) is 0 Å². The third kappa shape index (κ3) is 5.06. The third-order valence-electron chi connectivity index (χ3n) is 5.24. The Bertz CT molecular complexity index is 1190. The average Bonchev–Trinajstić information content (AvgIpc) is 3.32. The van der Waals surface area contributed by atoms with Crippen molar-refractivity contribution in [3.05, 3.63) is 86.2 Å². The van der Waals surface area contributed by atoms with Crippen molar-refractivity contribution in [2.75, 3.05) is 0 Å². The zero-order valence-corrected chi connectivity index (χ0v) is 18.2. The summed E-state index contributed by atoms with van der Waals surface area (Å²) in [5.74, 6) is 2.39. The molecule has 2 heterocycles. The summed E-state index contributed by atoms with van der Waals surface area (Å²) in [5.41, 5.74) is 2.90. The van der Waals surface area contributed by atoms with Gasteiger partial charge in [-0.25, -0.2) is 4.98 Å². The molecule has 1 atom stereocenters. The van der Waals surface area contributed by atoms with Crippen molar-refractivity contribution in [2.45, 2.75) is 39.2 Å². The van der Waals surface area contributed by atoms with Gasteiger partial charge < -0.3 is 14.3 Å². The van der Waals surface area contributed by atoms with E-state index in [1.54, 1.807) is 0 Å². The van der Waals surface area contributed by atoms with E-state index in [9.17, 15) is 9.90 Å². The Morgan fingerprint density at radius 3 is 2.58 bits per heavy atom. The number of aromatic hydroxyl groups is 1. The number of hydrogen-bond donors (Lipinski definition) is 2. The van der Waals surface area contributed by atoms with Gasteiger partial charge in [0, 0.05) is 5.56 Å². The molecule has 6 nitrogen and oxygen atoms in total. The van der Waals surface area contributed by atoms with E-state index in [1.807, 2.05) is 61.5 Å². The number of benzene rings is 2. The van der Waals surface area contributed by atoms with E-state index in [2.05, 4.69) is 16.9 Å². The van der Waals surface area contributed by atoms with Gasteiger partial charge in [-0.15, -0.1) is 0 Å². The maximum atomic E-state index is 11.3. The molecule has 2 N–H and O–H groups in total. The van der Waals surface area contributed by atoms with Crippen LogP contribution in [0.4, 0.5) is 0 Å². The lowest BCUT2D eigenvalue weighted by Gasteiger charge is -2.12. The van der Waals surface area contributed by atoms with Crippen LogP contribution in [-0.4, -0.2) is 15.1 Å². The van der Waals surface area contributed by atoms with Gasteiger partial charge in [0.25, 0.3) is 0 Å². The maximum Gasteiger partial charge on any atom is 0.307 e. The number of thiazole rings is 1. The molecule has 0 saturated heterocycles. The number of nitrogens with one attached hydrogen (secondary N) is 1. The van der Waals surface area contributed by atoms with Crippen molar-refractivity contribution < 1.29 is 14.3 Å². The lowest BCUT2D eigenvalue weighted by Crippen LogP contribution is -1.99. The highest BCUT2D eigenvalue weighted by atomic mass is 32.1. The smallest absolute Gasteiger partial charge is 0.307 e. The highest BCUT2D eigenvalue weighted by Crippen LogP contribution is 2.27. The van der Waals surface area contributed by atoms with Crippen LogP contribution in [0.5, 0.6) is 11.6 Å². The Balaban J connectivity index is 1.34. The molecule has 0 spiro atoms. The van der Waals surface area contributed by atoms with Crippen LogP contribution in [0.25, 0.3) is 11.5 Å². The summed E-state index contributed by atoms with van der Waals surface area (Å²) in [6.45, 7) is 4.36. The third-order valence-corrected chi connectivity index (χ3v) is 6.17. The van der Waals surface area contributed by atoms with Crippen molar-refractivity contribution in [1.82, 2.24) is 9.97 Å². The summed E-state index contributed by atoms with van der Waals surface area (Å²) in [5, 5.41) is 9.72. The van der Waals surface area contributed by atoms with Crippen LogP contribution in [0.1, 0.15) is 41.2 Å². The maximum absolute atomic E-state index is 11.3. The largest absolute Gasteiger partial charge is 0.494 e. The van der Waals surface area contributed by atoms with Crippen LogP contribution in [-0.2, 0) is 13.0 Å². The minimum atomic E-state index is -0.222. The molecule has 0 saturated carbocycles. The first-order valence-electron chi connectivity index (χ1n) is 10.1. The number of nitrogens with zero attached hydrogens (tertiary/aromatic N) is 1. The van der Waals surface area contributed by atoms with Gasteiger partial charge in [0.15, 0.2) is 0 Å². The van der Waals surface area contributed by atoms with Gasteiger partial charge in [-0.05, 0) is 55.5 Å². The fourth-order valence-corrected chi connectivity index (χ4v) is 4.09. The highest BCUT2D eigenvalue weighted by Gasteiger charge is 2.13. The Hall–Kier alpha value is -3.32. The van der Waals surface area contributed by atoms with Crippen LogP contribution in [0.2, 0.25) is 0 Å². The van der Waals surface area contributed by atoms with Crippen LogP contribution in [0, 0.1) is 6.92 Å². The summed E-state index contributed by atoms with van der Waals surface area (Å²) in [4.78, 5) is 18.8. The molecule has 2 aromatic carbocycles. The summed E-state index contributed by atoms with van der Waals surface area (Å²) in [6, 6.07) is 17.8. The molecule has 2 aromatic heterocycles. The fraction of sp³-hybridized carbons (Fsp3) is 0.250. The topological polar surface area (TPSA) is 88.4 Å². The molecule has 0 radical (unpaired) electrons. The predicted octanol–water partition coefficient (Wildman–Crippen LogP) is 5.42. The summed E-state index contributed by atoms with van der Waals surface area (Å²) in [7, 11) is 0. The van der Waals surface area contributed by atoms with Crippen molar-refractivity contribution in [3.8, 4) is 23.1 Å². The number of aromatic amines is 1. The van der Waals surface area contributed by atoms with Gasteiger partial charge in [0.05, 0.1) is 4.88 Å². The standard InChI is InChI=1S/C24H24N2O4S/c1-15(8-13-21-22(27)26-24(28)31-21)17-9-11-19(12-10-17)29-14-20-16(2)30-23(25-20)18-6-4-3-5-7-18/h3-7,9-12,15,27H,8,13-14H2,1-2H3,(H,26,28). The first-order chi connectivity index (χ1) is 15.0. The van der Waals surface area contributed by atoms with Gasteiger partial charge in [0.1, 0.15) is 23.8 Å². The molecule has 0 amide bonds. The second-order valence-corrected chi connectivity index (χ2v) is 8.54. The Labute approximate surface area is 184 Å². The predicted molar refractivity (Wildman–Crippen MR) is 121 cm³/mol. The second-order valence-electron chi connectivity index (χ2n) is 7.47. The van der Waals surface area contributed by atoms with E-state index in [-0.39, 0.29) is 16.7 Å². The molecule has 4 aromatic rings. The quantitative estimate of drug-likeness (QED) is 0.385. The molecular weight excluding hydrogens is 412 g/mol. The minimum Gasteiger partial charge on any atom is -0.494 e. The zero-order chi connectivity index (χ0) is 21.8. The number of aromatic nitrogens is 2. The number of H-pyrrole nitrogens is 1. The van der Waals surface area contributed by atoms with Gasteiger partial charge in [-0.2, -0.15) is 0 Å². The fourth-order valence-electron chi connectivity index (χ4n) is 3.35. The highest BCUT2D eigenvalue weighted by molar-refractivity contribution is 7.09. The Morgan fingerprint density at radius 1 is 1.16 bits per heavy atom. The number of rotatable bonds is 8. The molecule has 0 fully saturated rings. The molecule has 0 bridgehead atoms. The molecule has 4 rings (SSSR count). The minimum absolute atomic E-state index is 0.00970. The molecule has 1 unspecified atom stereocenters. The van der Waals surface area contributed by atoms with E-state index in [0.717, 1.165) is 40.5 Å². The van der Waals surface area contributed by atoms with Crippen LogP contribution >= 0.6 is 11.3 Å². The van der Waals surface area contributed by atoms with Gasteiger partial charge >= 0.3 is 4.87 Å². The lowest BCUT2D eigenvalue weighted by atomic mass is 9.96. The normalized spacial score (nSPS) is 12.1. The first kappa shape index (κ1) is 20.9. The van der Waals surface area contributed by atoms with Gasteiger partial charge in [-0.1, -0.05) is 48.6 Å². The SMILES string of the molecule is Cc1oc(-c2ccccc2)nc1COc1ccc(C(C)CCc2sc(=O)[nH]c2O)cc1. The van der Waals surface area contributed by atoms with E-state index >= 15 is 0 Å². The van der Waals surface area contributed by atoms with Crippen molar-refractivity contribution >= 4 is 11.3 Å². The summed E-state index contributed by atoms with van der Waals surface area (Å²) < 4.78 is 11.7. The number of oxazole rings is 1. The molecule has 7 heteroatoms. The van der Waals surface area contributed by atoms with Crippen LogP contribution in [0.3, 0.4) is 0 Å². The van der Waals surface area contributed by atoms with Crippen LogP contribution < -0.4 is 9.61 Å². The molecule has 0 aliphatic carbocycles. The van der Waals surface area contributed by atoms with E-state index < -0.39 is 0 Å². The van der Waals surface area contributed by atoms with Crippen LogP contribution in [0.15, 0.2) is 63.8 Å². The first-order valence-corrected chi connectivity index (χ1v) is 11.0. The number of hydrogen-bond acceptors (Lipinski definition) is 6. The molecule has 0 aliphatic heterocycles. The molecule has 31 heavy (non-hydrogen) atoms. The van der Waals surface area contributed by atoms with Crippen molar-refractivity contribution in [1.29, 1.82) is 0 Å². The monoisotopic (exact) mass is 436 g/mol. The molecule has 0 aliphatic rings. The number of aryl methyl sites for hydroxylation is 2. The van der Waals surface area contributed by atoms with Crippen molar-refractivity contribution in [2.24, 2.45) is 0 Å².